The fourth-order valence-corrected chi connectivity index (χ4v) is 3.29. The Hall–Kier alpha value is -0.570. The number of carboxylic acid groups (broad SMARTS) is 1. The molecule has 2 aliphatic rings. The van der Waals surface area contributed by atoms with Crippen LogP contribution < -0.4 is 0 Å². The van der Waals surface area contributed by atoms with Crippen LogP contribution in [0.3, 0.4) is 0 Å². The lowest BCUT2D eigenvalue weighted by Gasteiger charge is -2.24. The summed E-state index contributed by atoms with van der Waals surface area (Å²) in [6.45, 7) is 4.90. The van der Waals surface area contributed by atoms with Gasteiger partial charge in [0.1, 0.15) is 0 Å². The second-order valence-electron chi connectivity index (χ2n) is 5.57. The molecule has 2 fully saturated rings. The number of rotatable bonds is 4. The molecule has 1 heterocycles. The van der Waals surface area contributed by atoms with Crippen LogP contribution in [0, 0.1) is 11.3 Å². The molecule has 1 saturated carbocycles. The van der Waals surface area contributed by atoms with Gasteiger partial charge in [-0.2, -0.15) is 0 Å². The lowest BCUT2D eigenvalue weighted by Crippen LogP contribution is -2.35. The summed E-state index contributed by atoms with van der Waals surface area (Å²) in [5.41, 5.74) is -0.446. The van der Waals surface area contributed by atoms with Gasteiger partial charge in [0.05, 0.1) is 5.41 Å². The van der Waals surface area contributed by atoms with Crippen molar-refractivity contribution in [3.8, 4) is 0 Å². The van der Waals surface area contributed by atoms with Gasteiger partial charge in [0.25, 0.3) is 0 Å². The fourth-order valence-electron chi connectivity index (χ4n) is 3.29. The molecule has 0 amide bonds. The first-order valence-electron chi connectivity index (χ1n) is 6.62. The fraction of sp³-hybridized carbons (Fsp3) is 0.923. The molecule has 92 valence electrons. The minimum atomic E-state index is -0.594. The molecule has 0 aromatic carbocycles. The van der Waals surface area contributed by atoms with Crippen molar-refractivity contribution < 1.29 is 9.90 Å². The smallest absolute Gasteiger partial charge is 0.310 e. The number of carbonyl (C=O) groups is 1. The van der Waals surface area contributed by atoms with Gasteiger partial charge in [-0.05, 0) is 38.1 Å². The van der Waals surface area contributed by atoms with Crippen LogP contribution >= 0.6 is 0 Å². The maximum atomic E-state index is 11.3. The lowest BCUT2D eigenvalue weighted by atomic mass is 9.84. The summed E-state index contributed by atoms with van der Waals surface area (Å²) in [4.78, 5) is 13.7. The van der Waals surface area contributed by atoms with Crippen molar-refractivity contribution in [3.63, 3.8) is 0 Å². The second kappa shape index (κ2) is 4.74. The Balaban J connectivity index is 1.88. The summed E-state index contributed by atoms with van der Waals surface area (Å²) in [5, 5.41) is 9.32. The van der Waals surface area contributed by atoms with Gasteiger partial charge in [-0.15, -0.1) is 0 Å². The summed E-state index contributed by atoms with van der Waals surface area (Å²) >= 11 is 0. The van der Waals surface area contributed by atoms with Gasteiger partial charge < -0.3 is 10.0 Å². The van der Waals surface area contributed by atoms with Crippen molar-refractivity contribution in [3.05, 3.63) is 0 Å². The van der Waals surface area contributed by atoms with Crippen molar-refractivity contribution >= 4 is 5.97 Å². The molecular weight excluding hydrogens is 202 g/mol. The van der Waals surface area contributed by atoms with E-state index < -0.39 is 11.4 Å². The molecule has 0 bridgehead atoms. The van der Waals surface area contributed by atoms with Crippen molar-refractivity contribution in [2.75, 3.05) is 19.6 Å². The predicted molar refractivity (Wildman–Crippen MR) is 63.4 cm³/mol. The Morgan fingerprint density at radius 2 is 2.12 bits per heavy atom. The van der Waals surface area contributed by atoms with Crippen LogP contribution in [0.15, 0.2) is 0 Å². The number of nitrogens with zero attached hydrogens (tertiary/aromatic N) is 1. The molecule has 1 atom stereocenters. The van der Waals surface area contributed by atoms with Gasteiger partial charge in [-0.1, -0.05) is 19.8 Å². The molecule has 0 radical (unpaired) electrons. The summed E-state index contributed by atoms with van der Waals surface area (Å²) in [7, 11) is 0. The first-order valence-corrected chi connectivity index (χ1v) is 6.62. The number of likely N-dealkylation sites (tertiary alicyclic amines) is 1. The minimum absolute atomic E-state index is 0.446. The first-order chi connectivity index (χ1) is 7.66. The van der Waals surface area contributed by atoms with Crippen molar-refractivity contribution in [2.24, 2.45) is 11.3 Å². The van der Waals surface area contributed by atoms with Crippen molar-refractivity contribution in [1.29, 1.82) is 0 Å². The number of hydrogen-bond acceptors (Lipinski definition) is 2. The zero-order valence-corrected chi connectivity index (χ0v) is 10.2. The number of hydrogen-bond donors (Lipinski definition) is 1. The molecule has 0 aromatic heterocycles. The summed E-state index contributed by atoms with van der Waals surface area (Å²) in [6, 6.07) is 0. The van der Waals surface area contributed by atoms with E-state index in [-0.39, 0.29) is 0 Å². The molecule has 1 aliphatic carbocycles. The van der Waals surface area contributed by atoms with E-state index in [2.05, 4.69) is 4.90 Å². The van der Waals surface area contributed by atoms with E-state index in [1.807, 2.05) is 6.92 Å². The van der Waals surface area contributed by atoms with Crippen LogP contribution in [0.25, 0.3) is 0 Å². The zero-order chi connectivity index (χ0) is 11.6. The molecule has 2 rings (SSSR count). The minimum Gasteiger partial charge on any atom is -0.481 e. The topological polar surface area (TPSA) is 40.5 Å². The number of aliphatic carboxylic acids is 1. The normalized spacial score (nSPS) is 32.3. The molecule has 1 N–H and O–H groups in total. The van der Waals surface area contributed by atoms with Crippen molar-refractivity contribution in [1.82, 2.24) is 4.90 Å². The summed E-state index contributed by atoms with van der Waals surface area (Å²) in [6.07, 6.45) is 7.05. The van der Waals surface area contributed by atoms with Crippen LogP contribution in [-0.2, 0) is 4.79 Å². The van der Waals surface area contributed by atoms with E-state index in [0.717, 1.165) is 38.4 Å². The predicted octanol–water partition coefficient (Wildman–Crippen LogP) is 2.36. The molecule has 1 aliphatic heterocycles. The quantitative estimate of drug-likeness (QED) is 0.798. The van der Waals surface area contributed by atoms with E-state index >= 15 is 0 Å². The van der Waals surface area contributed by atoms with Crippen LogP contribution in [0.4, 0.5) is 0 Å². The zero-order valence-electron chi connectivity index (χ0n) is 10.2. The Bertz CT molecular complexity index is 261. The monoisotopic (exact) mass is 225 g/mol. The molecular formula is C13H23NO2. The average Bonchev–Trinajstić information content (AvgIpc) is 2.88. The summed E-state index contributed by atoms with van der Waals surface area (Å²) in [5.74, 6) is 0.241. The van der Waals surface area contributed by atoms with Crippen LogP contribution in [0.1, 0.15) is 45.4 Å². The van der Waals surface area contributed by atoms with Gasteiger partial charge in [0.2, 0.25) is 0 Å². The van der Waals surface area contributed by atoms with Crippen LogP contribution in [0.2, 0.25) is 0 Å². The molecule has 3 nitrogen and oxygen atoms in total. The third-order valence-electron chi connectivity index (χ3n) is 4.55. The third kappa shape index (κ3) is 2.24. The van der Waals surface area contributed by atoms with Gasteiger partial charge in [0, 0.05) is 13.1 Å². The molecule has 0 aromatic rings. The highest BCUT2D eigenvalue weighted by molar-refractivity contribution is 5.75. The van der Waals surface area contributed by atoms with Crippen molar-refractivity contribution in [2.45, 2.75) is 45.4 Å². The maximum Gasteiger partial charge on any atom is 0.310 e. The Morgan fingerprint density at radius 1 is 1.44 bits per heavy atom. The van der Waals surface area contributed by atoms with Gasteiger partial charge >= 0.3 is 5.97 Å². The Kier molecular flexibility index (Phi) is 3.53. The Labute approximate surface area is 97.8 Å². The first kappa shape index (κ1) is 11.9. The molecule has 0 spiro atoms. The molecule has 3 heteroatoms. The highest BCUT2D eigenvalue weighted by Crippen LogP contribution is 2.36. The van der Waals surface area contributed by atoms with Gasteiger partial charge in [-0.3, -0.25) is 4.79 Å². The highest BCUT2D eigenvalue weighted by Gasteiger charge is 2.43. The lowest BCUT2D eigenvalue weighted by molar-refractivity contribution is -0.148. The largest absolute Gasteiger partial charge is 0.481 e. The SMILES string of the molecule is CCC1(C(=O)O)CCN(CC2CCCC2)C1. The van der Waals surface area contributed by atoms with E-state index in [9.17, 15) is 9.90 Å². The maximum absolute atomic E-state index is 11.3. The number of carboxylic acids is 1. The third-order valence-corrected chi connectivity index (χ3v) is 4.55. The second-order valence-corrected chi connectivity index (χ2v) is 5.57. The molecule has 1 saturated heterocycles. The van der Waals surface area contributed by atoms with E-state index in [1.165, 1.54) is 25.7 Å². The van der Waals surface area contributed by atoms with E-state index in [4.69, 9.17) is 0 Å². The van der Waals surface area contributed by atoms with Crippen LogP contribution in [0.5, 0.6) is 0 Å². The van der Waals surface area contributed by atoms with Gasteiger partial charge in [0.15, 0.2) is 0 Å². The van der Waals surface area contributed by atoms with Crippen LogP contribution in [-0.4, -0.2) is 35.6 Å². The standard InChI is InChI=1S/C13H23NO2/c1-2-13(12(15)16)7-8-14(10-13)9-11-5-3-4-6-11/h11H,2-10H2,1H3,(H,15,16). The summed E-state index contributed by atoms with van der Waals surface area (Å²) < 4.78 is 0. The molecule has 16 heavy (non-hydrogen) atoms. The van der Waals surface area contributed by atoms with E-state index in [0.29, 0.717) is 0 Å². The van der Waals surface area contributed by atoms with Gasteiger partial charge in [-0.25, -0.2) is 0 Å². The highest BCUT2D eigenvalue weighted by atomic mass is 16.4. The average molecular weight is 225 g/mol. The Morgan fingerprint density at radius 3 is 2.62 bits per heavy atom. The van der Waals surface area contributed by atoms with E-state index in [1.54, 1.807) is 0 Å². The molecule has 1 unspecified atom stereocenters.